The second-order valence-corrected chi connectivity index (χ2v) is 6.76. The molecule has 3 aromatic rings. The highest BCUT2D eigenvalue weighted by Crippen LogP contribution is 2.25. The Bertz CT molecular complexity index is 1000. The lowest BCUT2D eigenvalue weighted by Crippen LogP contribution is -2.15. The van der Waals surface area contributed by atoms with Crippen LogP contribution in [0.3, 0.4) is 0 Å². The predicted molar refractivity (Wildman–Crippen MR) is 102 cm³/mol. The van der Waals surface area contributed by atoms with E-state index < -0.39 is 4.92 Å². The Labute approximate surface area is 159 Å². The predicted octanol–water partition coefficient (Wildman–Crippen LogP) is 3.99. The standard InChI is InChI=1S/C18H16N4O4S/c1-11-4-3-5-13(8-11)17-20-21-18(26-17)27-10-16(23)19-15-9-14(22(24)25)7-6-12(15)2/h3-9H,10H2,1-2H3,(H,19,23). The SMILES string of the molecule is Cc1cccc(-c2nnc(SCC(=O)Nc3cc([N+](=O)[O-])ccc3C)o2)c1. The molecule has 0 aliphatic carbocycles. The maximum atomic E-state index is 12.1. The Hall–Kier alpha value is -3.20. The molecule has 2 aromatic carbocycles. The molecule has 1 aromatic heterocycles. The maximum absolute atomic E-state index is 12.1. The molecule has 0 saturated carbocycles. The first kappa shape index (κ1) is 18.6. The van der Waals surface area contributed by atoms with Crippen LogP contribution in [0.4, 0.5) is 11.4 Å². The third-order valence-corrected chi connectivity index (χ3v) is 4.52. The zero-order valence-corrected chi connectivity index (χ0v) is 15.4. The van der Waals surface area contributed by atoms with Crippen LogP contribution in [0.2, 0.25) is 0 Å². The largest absolute Gasteiger partial charge is 0.411 e. The van der Waals surface area contributed by atoms with Crippen LogP contribution in [-0.2, 0) is 4.79 Å². The number of carbonyl (C=O) groups is 1. The van der Waals surface area contributed by atoms with Crippen molar-refractivity contribution in [2.75, 3.05) is 11.1 Å². The van der Waals surface area contributed by atoms with E-state index in [9.17, 15) is 14.9 Å². The lowest BCUT2D eigenvalue weighted by atomic mass is 10.1. The van der Waals surface area contributed by atoms with Crippen LogP contribution in [0.5, 0.6) is 0 Å². The molecule has 138 valence electrons. The highest BCUT2D eigenvalue weighted by molar-refractivity contribution is 7.99. The Balaban J connectivity index is 1.62. The number of anilines is 1. The van der Waals surface area contributed by atoms with Gasteiger partial charge in [0.1, 0.15) is 0 Å². The average Bonchev–Trinajstić information content (AvgIpc) is 3.11. The van der Waals surface area contributed by atoms with Gasteiger partial charge in [0, 0.05) is 17.7 Å². The first-order valence-corrected chi connectivity index (χ1v) is 8.99. The summed E-state index contributed by atoms with van der Waals surface area (Å²) >= 11 is 1.10. The summed E-state index contributed by atoms with van der Waals surface area (Å²) in [6.45, 7) is 3.73. The fourth-order valence-corrected chi connectivity index (χ4v) is 2.90. The first-order chi connectivity index (χ1) is 12.9. The Morgan fingerprint density at radius 1 is 1.22 bits per heavy atom. The van der Waals surface area contributed by atoms with E-state index >= 15 is 0 Å². The van der Waals surface area contributed by atoms with Gasteiger partial charge in [0.25, 0.3) is 10.9 Å². The molecule has 27 heavy (non-hydrogen) atoms. The molecule has 0 spiro atoms. The second kappa shape index (κ2) is 8.00. The summed E-state index contributed by atoms with van der Waals surface area (Å²) in [6.07, 6.45) is 0. The zero-order chi connectivity index (χ0) is 19.4. The van der Waals surface area contributed by atoms with Crippen LogP contribution in [0.1, 0.15) is 11.1 Å². The minimum atomic E-state index is -0.505. The van der Waals surface area contributed by atoms with E-state index in [2.05, 4.69) is 15.5 Å². The second-order valence-electron chi connectivity index (χ2n) is 5.84. The van der Waals surface area contributed by atoms with E-state index in [-0.39, 0.29) is 22.6 Å². The van der Waals surface area contributed by atoms with Gasteiger partial charge in [-0.1, -0.05) is 35.5 Å². The van der Waals surface area contributed by atoms with Crippen LogP contribution in [0, 0.1) is 24.0 Å². The molecule has 1 heterocycles. The van der Waals surface area contributed by atoms with Gasteiger partial charge in [0.15, 0.2) is 0 Å². The number of carbonyl (C=O) groups excluding carboxylic acids is 1. The fourth-order valence-electron chi connectivity index (χ4n) is 2.33. The van der Waals surface area contributed by atoms with Crippen molar-refractivity contribution in [1.82, 2.24) is 10.2 Å². The number of benzene rings is 2. The summed E-state index contributed by atoms with van der Waals surface area (Å²) in [7, 11) is 0. The lowest BCUT2D eigenvalue weighted by Gasteiger charge is -2.07. The number of nitro benzene ring substituents is 1. The number of hydrogen-bond acceptors (Lipinski definition) is 7. The van der Waals surface area contributed by atoms with Crippen LogP contribution < -0.4 is 5.32 Å². The molecule has 0 saturated heterocycles. The quantitative estimate of drug-likeness (QED) is 0.388. The Morgan fingerprint density at radius 3 is 2.78 bits per heavy atom. The number of non-ortho nitro benzene ring substituents is 1. The molecule has 0 atom stereocenters. The molecular formula is C18H16N4O4S. The van der Waals surface area contributed by atoms with Gasteiger partial charge in [0.05, 0.1) is 16.4 Å². The highest BCUT2D eigenvalue weighted by Gasteiger charge is 2.14. The van der Waals surface area contributed by atoms with Gasteiger partial charge in [-0.15, -0.1) is 10.2 Å². The molecule has 0 radical (unpaired) electrons. The number of nitro groups is 1. The van der Waals surface area contributed by atoms with Gasteiger partial charge < -0.3 is 9.73 Å². The maximum Gasteiger partial charge on any atom is 0.277 e. The first-order valence-electron chi connectivity index (χ1n) is 8.00. The fraction of sp³-hybridized carbons (Fsp3) is 0.167. The van der Waals surface area contributed by atoms with Crippen molar-refractivity contribution >= 4 is 29.0 Å². The summed E-state index contributed by atoms with van der Waals surface area (Å²) in [5.74, 6) is 0.104. The summed E-state index contributed by atoms with van der Waals surface area (Å²) in [5.41, 5.74) is 2.94. The van der Waals surface area contributed by atoms with Crippen molar-refractivity contribution in [2.24, 2.45) is 0 Å². The van der Waals surface area contributed by atoms with Crippen molar-refractivity contribution in [3.8, 4) is 11.5 Å². The third-order valence-electron chi connectivity index (χ3n) is 3.70. The van der Waals surface area contributed by atoms with Gasteiger partial charge >= 0.3 is 0 Å². The normalized spacial score (nSPS) is 10.6. The number of rotatable bonds is 6. The van der Waals surface area contributed by atoms with E-state index in [0.717, 1.165) is 28.5 Å². The molecule has 0 bridgehead atoms. The number of aryl methyl sites for hydroxylation is 2. The molecule has 0 fully saturated rings. The highest BCUT2D eigenvalue weighted by atomic mass is 32.2. The zero-order valence-electron chi connectivity index (χ0n) is 14.6. The summed E-state index contributed by atoms with van der Waals surface area (Å²) < 4.78 is 5.57. The number of nitrogens with zero attached hydrogens (tertiary/aromatic N) is 3. The van der Waals surface area contributed by atoms with E-state index in [1.165, 1.54) is 12.1 Å². The minimum absolute atomic E-state index is 0.0393. The topological polar surface area (TPSA) is 111 Å². The smallest absolute Gasteiger partial charge is 0.277 e. The third kappa shape index (κ3) is 4.70. The number of amides is 1. The van der Waals surface area contributed by atoms with Crippen molar-refractivity contribution in [3.05, 3.63) is 63.7 Å². The minimum Gasteiger partial charge on any atom is -0.411 e. The molecule has 0 aliphatic heterocycles. The summed E-state index contributed by atoms with van der Waals surface area (Å²) in [6, 6.07) is 12.0. The number of aromatic nitrogens is 2. The molecule has 3 rings (SSSR count). The van der Waals surface area contributed by atoms with Crippen LogP contribution in [0.25, 0.3) is 11.5 Å². The van der Waals surface area contributed by atoms with Gasteiger partial charge in [0.2, 0.25) is 11.8 Å². The van der Waals surface area contributed by atoms with Crippen molar-refractivity contribution < 1.29 is 14.1 Å². The van der Waals surface area contributed by atoms with Gasteiger partial charge in [-0.3, -0.25) is 14.9 Å². The van der Waals surface area contributed by atoms with Crippen LogP contribution >= 0.6 is 11.8 Å². The van der Waals surface area contributed by atoms with Gasteiger partial charge in [-0.2, -0.15) is 0 Å². The molecule has 0 unspecified atom stereocenters. The number of nitrogens with one attached hydrogen (secondary N) is 1. The number of thioether (sulfide) groups is 1. The molecular weight excluding hydrogens is 368 g/mol. The summed E-state index contributed by atoms with van der Waals surface area (Å²) in [4.78, 5) is 22.5. The molecule has 0 aliphatic rings. The van der Waals surface area contributed by atoms with Crippen LogP contribution in [-0.4, -0.2) is 26.8 Å². The van der Waals surface area contributed by atoms with E-state index in [1.807, 2.05) is 31.2 Å². The van der Waals surface area contributed by atoms with Crippen molar-refractivity contribution in [1.29, 1.82) is 0 Å². The average molecular weight is 384 g/mol. The van der Waals surface area contributed by atoms with Crippen LogP contribution in [0.15, 0.2) is 52.1 Å². The van der Waals surface area contributed by atoms with E-state index in [0.29, 0.717) is 11.6 Å². The molecule has 8 nitrogen and oxygen atoms in total. The lowest BCUT2D eigenvalue weighted by molar-refractivity contribution is -0.384. The Kier molecular flexibility index (Phi) is 5.51. The molecule has 1 amide bonds. The van der Waals surface area contributed by atoms with E-state index in [4.69, 9.17) is 4.42 Å². The summed E-state index contributed by atoms with van der Waals surface area (Å²) in [5, 5.41) is 21.7. The Morgan fingerprint density at radius 2 is 2.04 bits per heavy atom. The van der Waals surface area contributed by atoms with E-state index in [1.54, 1.807) is 13.0 Å². The molecule has 1 N–H and O–H groups in total. The number of hydrogen-bond donors (Lipinski definition) is 1. The monoisotopic (exact) mass is 384 g/mol. The van der Waals surface area contributed by atoms with Gasteiger partial charge in [-0.25, -0.2) is 0 Å². The van der Waals surface area contributed by atoms with Gasteiger partial charge in [-0.05, 0) is 31.5 Å². The van der Waals surface area contributed by atoms with Crippen molar-refractivity contribution in [3.63, 3.8) is 0 Å². The van der Waals surface area contributed by atoms with Crippen molar-refractivity contribution in [2.45, 2.75) is 19.1 Å². The molecule has 9 heteroatoms.